The summed E-state index contributed by atoms with van der Waals surface area (Å²) in [4.78, 5) is 13.9. The number of anilines is 1. The van der Waals surface area contributed by atoms with Crippen molar-refractivity contribution >= 4 is 11.6 Å². The molecule has 0 radical (unpaired) electrons. The van der Waals surface area contributed by atoms with Gasteiger partial charge in [0.2, 0.25) is 0 Å². The van der Waals surface area contributed by atoms with E-state index in [0.29, 0.717) is 18.5 Å². The van der Waals surface area contributed by atoms with Crippen LogP contribution in [0.5, 0.6) is 0 Å². The van der Waals surface area contributed by atoms with Crippen molar-refractivity contribution in [2.24, 2.45) is 0 Å². The number of hydrogen-bond donors (Lipinski definition) is 1. The van der Waals surface area contributed by atoms with Gasteiger partial charge in [-0.2, -0.15) is 5.26 Å². The molecule has 5 heteroatoms. The molecule has 0 unspecified atom stereocenters. The SMILES string of the molecule is N#CCCN(C(=O)c1ccc(F)cc1N)C1CC1. The Bertz CT molecular complexity index is 505. The molecule has 0 spiro atoms. The third kappa shape index (κ3) is 2.59. The lowest BCUT2D eigenvalue weighted by Gasteiger charge is -2.21. The first-order valence-electron chi connectivity index (χ1n) is 5.86. The maximum absolute atomic E-state index is 12.9. The minimum atomic E-state index is -0.459. The van der Waals surface area contributed by atoms with Gasteiger partial charge in [0.25, 0.3) is 5.91 Å². The van der Waals surface area contributed by atoms with Crippen LogP contribution < -0.4 is 5.73 Å². The van der Waals surface area contributed by atoms with Crippen molar-refractivity contribution in [2.45, 2.75) is 25.3 Å². The predicted molar refractivity (Wildman–Crippen MR) is 65.1 cm³/mol. The number of nitrogen functional groups attached to an aromatic ring is 1. The Balaban J connectivity index is 2.19. The fraction of sp³-hybridized carbons (Fsp3) is 0.385. The summed E-state index contributed by atoms with van der Waals surface area (Å²) in [6.45, 7) is 0.400. The van der Waals surface area contributed by atoms with E-state index in [2.05, 4.69) is 0 Å². The quantitative estimate of drug-likeness (QED) is 0.826. The molecule has 0 aromatic heterocycles. The Hall–Kier alpha value is -2.09. The highest BCUT2D eigenvalue weighted by Crippen LogP contribution is 2.29. The normalized spacial score (nSPS) is 14.0. The number of halogens is 1. The lowest BCUT2D eigenvalue weighted by atomic mass is 10.1. The molecule has 1 fully saturated rings. The molecule has 18 heavy (non-hydrogen) atoms. The minimum Gasteiger partial charge on any atom is -0.398 e. The summed E-state index contributed by atoms with van der Waals surface area (Å²) in [5, 5.41) is 8.60. The van der Waals surface area contributed by atoms with Crippen LogP contribution in [0, 0.1) is 17.1 Å². The summed E-state index contributed by atoms with van der Waals surface area (Å²) in [5.74, 6) is -0.677. The van der Waals surface area contributed by atoms with E-state index in [1.54, 1.807) is 4.90 Å². The molecule has 1 saturated carbocycles. The van der Waals surface area contributed by atoms with Crippen LogP contribution in [0.3, 0.4) is 0 Å². The van der Waals surface area contributed by atoms with E-state index < -0.39 is 5.82 Å². The zero-order valence-electron chi connectivity index (χ0n) is 9.90. The summed E-state index contributed by atoms with van der Waals surface area (Å²) < 4.78 is 12.9. The summed E-state index contributed by atoms with van der Waals surface area (Å²) >= 11 is 0. The van der Waals surface area contributed by atoms with Crippen LogP contribution in [-0.4, -0.2) is 23.4 Å². The maximum atomic E-state index is 12.9. The number of nitriles is 1. The van der Waals surface area contributed by atoms with Crippen LogP contribution in [0.1, 0.15) is 29.6 Å². The zero-order chi connectivity index (χ0) is 13.1. The average molecular weight is 247 g/mol. The Morgan fingerprint density at radius 2 is 2.28 bits per heavy atom. The highest BCUT2D eigenvalue weighted by molar-refractivity contribution is 5.99. The Kier molecular flexibility index (Phi) is 3.47. The second-order valence-corrected chi connectivity index (χ2v) is 4.37. The molecule has 1 amide bonds. The molecule has 2 rings (SSSR count). The smallest absolute Gasteiger partial charge is 0.256 e. The molecule has 0 aliphatic heterocycles. The van der Waals surface area contributed by atoms with Gasteiger partial charge in [0.1, 0.15) is 5.82 Å². The van der Waals surface area contributed by atoms with Gasteiger partial charge in [0, 0.05) is 18.3 Å². The van der Waals surface area contributed by atoms with E-state index in [-0.39, 0.29) is 17.6 Å². The molecule has 2 N–H and O–H groups in total. The summed E-state index contributed by atoms with van der Waals surface area (Å²) in [7, 11) is 0. The summed E-state index contributed by atoms with van der Waals surface area (Å²) in [5.41, 5.74) is 6.10. The minimum absolute atomic E-state index is 0.141. The van der Waals surface area contributed by atoms with Gasteiger partial charge < -0.3 is 10.6 Å². The molecular formula is C13H14FN3O. The van der Waals surface area contributed by atoms with E-state index >= 15 is 0 Å². The number of hydrogen-bond acceptors (Lipinski definition) is 3. The topological polar surface area (TPSA) is 70.1 Å². The molecule has 0 saturated heterocycles. The van der Waals surface area contributed by atoms with Crippen molar-refractivity contribution in [2.75, 3.05) is 12.3 Å². The van der Waals surface area contributed by atoms with Crippen LogP contribution in [-0.2, 0) is 0 Å². The van der Waals surface area contributed by atoms with Crippen molar-refractivity contribution in [3.8, 4) is 6.07 Å². The number of carbonyl (C=O) groups excluding carboxylic acids is 1. The van der Waals surface area contributed by atoms with E-state index in [4.69, 9.17) is 11.0 Å². The second kappa shape index (κ2) is 5.05. The highest BCUT2D eigenvalue weighted by atomic mass is 19.1. The number of nitrogens with zero attached hydrogens (tertiary/aromatic N) is 2. The molecule has 0 atom stereocenters. The van der Waals surface area contributed by atoms with Gasteiger partial charge >= 0.3 is 0 Å². The predicted octanol–water partition coefficient (Wildman–Crippen LogP) is 1.93. The molecule has 1 aromatic rings. The standard InChI is InChI=1S/C13H14FN3O/c14-9-2-5-11(12(16)8-9)13(18)17(7-1-6-15)10-3-4-10/h2,5,8,10H,1,3-4,7,16H2. The summed E-state index contributed by atoms with van der Waals surface area (Å²) in [6, 6.07) is 5.99. The van der Waals surface area contributed by atoms with Crippen molar-refractivity contribution in [3.05, 3.63) is 29.6 Å². The van der Waals surface area contributed by atoms with Gasteiger partial charge in [-0.25, -0.2) is 4.39 Å². The molecule has 1 aliphatic carbocycles. The third-order valence-corrected chi connectivity index (χ3v) is 2.96. The fourth-order valence-corrected chi connectivity index (χ4v) is 1.89. The van der Waals surface area contributed by atoms with Crippen molar-refractivity contribution < 1.29 is 9.18 Å². The number of nitrogens with two attached hydrogens (primary N) is 1. The van der Waals surface area contributed by atoms with E-state index in [1.807, 2.05) is 6.07 Å². The molecule has 94 valence electrons. The zero-order valence-corrected chi connectivity index (χ0v) is 9.90. The molecule has 1 aromatic carbocycles. The lowest BCUT2D eigenvalue weighted by Crippen LogP contribution is -2.34. The first-order chi connectivity index (χ1) is 8.63. The fourth-order valence-electron chi connectivity index (χ4n) is 1.89. The molecular weight excluding hydrogens is 233 g/mol. The van der Waals surface area contributed by atoms with Crippen LogP contribution in [0.4, 0.5) is 10.1 Å². The van der Waals surface area contributed by atoms with Gasteiger partial charge in [-0.15, -0.1) is 0 Å². The van der Waals surface area contributed by atoms with Crippen molar-refractivity contribution in [1.29, 1.82) is 5.26 Å². The highest BCUT2D eigenvalue weighted by Gasteiger charge is 2.33. The molecule has 0 bridgehead atoms. The van der Waals surface area contributed by atoms with Gasteiger partial charge in [0.15, 0.2) is 0 Å². The Morgan fingerprint density at radius 1 is 1.56 bits per heavy atom. The Morgan fingerprint density at radius 3 is 2.83 bits per heavy atom. The average Bonchev–Trinajstić information content (AvgIpc) is 3.13. The van der Waals surface area contributed by atoms with Gasteiger partial charge in [-0.1, -0.05) is 0 Å². The van der Waals surface area contributed by atoms with Gasteiger partial charge in [0.05, 0.1) is 18.1 Å². The number of benzene rings is 1. The monoisotopic (exact) mass is 247 g/mol. The first kappa shape index (κ1) is 12.4. The van der Waals surface area contributed by atoms with Crippen LogP contribution in [0.15, 0.2) is 18.2 Å². The second-order valence-electron chi connectivity index (χ2n) is 4.37. The maximum Gasteiger partial charge on any atom is 0.256 e. The molecule has 4 nitrogen and oxygen atoms in total. The van der Waals surface area contributed by atoms with Gasteiger partial charge in [-0.05, 0) is 31.0 Å². The summed E-state index contributed by atoms with van der Waals surface area (Å²) in [6.07, 6.45) is 2.21. The lowest BCUT2D eigenvalue weighted by molar-refractivity contribution is 0.0748. The van der Waals surface area contributed by atoms with Crippen LogP contribution in [0.2, 0.25) is 0 Å². The van der Waals surface area contributed by atoms with Crippen molar-refractivity contribution in [1.82, 2.24) is 4.90 Å². The van der Waals surface area contributed by atoms with Crippen LogP contribution in [0.25, 0.3) is 0 Å². The van der Waals surface area contributed by atoms with E-state index in [1.165, 1.54) is 12.1 Å². The largest absolute Gasteiger partial charge is 0.398 e. The Labute approximate surface area is 105 Å². The number of amides is 1. The number of rotatable bonds is 4. The molecule has 1 aliphatic rings. The third-order valence-electron chi connectivity index (χ3n) is 2.96. The van der Waals surface area contributed by atoms with Crippen molar-refractivity contribution in [3.63, 3.8) is 0 Å². The molecule has 0 heterocycles. The van der Waals surface area contributed by atoms with E-state index in [0.717, 1.165) is 18.9 Å². The van der Waals surface area contributed by atoms with E-state index in [9.17, 15) is 9.18 Å². The first-order valence-corrected chi connectivity index (χ1v) is 5.86. The van der Waals surface area contributed by atoms with Gasteiger partial charge in [-0.3, -0.25) is 4.79 Å². The van der Waals surface area contributed by atoms with Crippen LogP contribution >= 0.6 is 0 Å². The number of carbonyl (C=O) groups is 1.